The van der Waals surface area contributed by atoms with E-state index < -0.39 is 0 Å². The van der Waals surface area contributed by atoms with Crippen LogP contribution in [0.1, 0.15) is 29.8 Å². The minimum Gasteiger partial charge on any atom is -0.472 e. The topological polar surface area (TPSA) is 43.0 Å². The van der Waals surface area contributed by atoms with Gasteiger partial charge < -0.3 is 9.73 Å². The molecule has 0 bridgehead atoms. The van der Waals surface area contributed by atoms with E-state index in [9.17, 15) is 0 Å². The van der Waals surface area contributed by atoms with Gasteiger partial charge in [-0.25, -0.2) is 0 Å². The third-order valence-electron chi connectivity index (χ3n) is 2.90. The van der Waals surface area contributed by atoms with E-state index in [4.69, 9.17) is 4.42 Å². The van der Waals surface area contributed by atoms with Crippen LogP contribution in [0.2, 0.25) is 0 Å². The summed E-state index contributed by atoms with van der Waals surface area (Å²) in [6, 6.07) is 2.31. The second kappa shape index (κ2) is 5.19. The molecule has 92 valence electrons. The summed E-state index contributed by atoms with van der Waals surface area (Å²) in [4.78, 5) is 0. The number of hydrogen-bond donors (Lipinski definition) is 1. The van der Waals surface area contributed by atoms with Crippen molar-refractivity contribution >= 4 is 0 Å². The first-order valence-electron chi connectivity index (χ1n) is 5.95. The first kappa shape index (κ1) is 11.9. The Balaban J connectivity index is 2.19. The Kier molecular flexibility index (Phi) is 3.64. The number of nitrogens with one attached hydrogen (secondary N) is 1. The Bertz CT molecular complexity index is 459. The number of hydrogen-bond acceptors (Lipinski definition) is 3. The van der Waals surface area contributed by atoms with Crippen molar-refractivity contribution in [2.24, 2.45) is 7.05 Å². The lowest BCUT2D eigenvalue weighted by Crippen LogP contribution is -2.23. The highest BCUT2D eigenvalue weighted by atomic mass is 16.3. The van der Waals surface area contributed by atoms with E-state index in [2.05, 4.69) is 30.5 Å². The van der Waals surface area contributed by atoms with Crippen LogP contribution in [-0.2, 0) is 13.5 Å². The van der Waals surface area contributed by atoms with Gasteiger partial charge in [0.15, 0.2) is 0 Å². The van der Waals surface area contributed by atoms with Crippen LogP contribution in [0.15, 0.2) is 29.2 Å². The summed E-state index contributed by atoms with van der Waals surface area (Å²) in [6.45, 7) is 5.11. The Morgan fingerprint density at radius 1 is 1.53 bits per heavy atom. The van der Waals surface area contributed by atoms with Gasteiger partial charge in [0.2, 0.25) is 0 Å². The highest BCUT2D eigenvalue weighted by molar-refractivity contribution is 5.23. The molecule has 0 amide bonds. The van der Waals surface area contributed by atoms with E-state index in [-0.39, 0.29) is 0 Å². The fourth-order valence-electron chi connectivity index (χ4n) is 2.14. The third-order valence-corrected chi connectivity index (χ3v) is 2.90. The molecule has 0 aliphatic carbocycles. The Hall–Kier alpha value is -1.55. The van der Waals surface area contributed by atoms with Gasteiger partial charge in [0.25, 0.3) is 0 Å². The quantitative estimate of drug-likeness (QED) is 0.861. The normalized spacial score (nSPS) is 12.9. The molecule has 0 spiro atoms. The smallest absolute Gasteiger partial charge is 0.0935 e. The van der Waals surface area contributed by atoms with Crippen LogP contribution < -0.4 is 5.32 Å². The van der Waals surface area contributed by atoms with Crippen LogP contribution in [0.3, 0.4) is 0 Å². The number of likely N-dealkylation sites (N-methyl/N-ethyl adjacent to an activating group) is 1. The Morgan fingerprint density at radius 2 is 2.35 bits per heavy atom. The molecule has 4 heteroatoms. The molecule has 1 N–H and O–H groups in total. The molecule has 2 aromatic rings. The molecule has 0 aromatic carbocycles. The maximum absolute atomic E-state index is 5.12. The molecule has 2 rings (SSSR count). The molecular weight excluding hydrogens is 214 g/mol. The minimum atomic E-state index is 0.297. The highest BCUT2D eigenvalue weighted by Gasteiger charge is 2.16. The summed E-state index contributed by atoms with van der Waals surface area (Å²) in [6.07, 6.45) is 6.53. The summed E-state index contributed by atoms with van der Waals surface area (Å²) in [7, 11) is 1.96. The number of aryl methyl sites for hydroxylation is 2. The van der Waals surface area contributed by atoms with Gasteiger partial charge >= 0.3 is 0 Å². The highest BCUT2D eigenvalue weighted by Crippen LogP contribution is 2.21. The van der Waals surface area contributed by atoms with Crippen molar-refractivity contribution < 1.29 is 4.42 Å². The van der Waals surface area contributed by atoms with E-state index in [1.165, 1.54) is 11.1 Å². The molecule has 1 unspecified atom stereocenters. The van der Waals surface area contributed by atoms with Gasteiger partial charge in [0.05, 0.1) is 18.2 Å². The molecule has 0 aliphatic rings. The molecule has 2 heterocycles. The molecule has 1 atom stereocenters. The second-order valence-electron chi connectivity index (χ2n) is 4.29. The van der Waals surface area contributed by atoms with Gasteiger partial charge in [-0.1, -0.05) is 6.92 Å². The molecule has 0 saturated heterocycles. The van der Waals surface area contributed by atoms with Gasteiger partial charge in [-0.05, 0) is 31.5 Å². The maximum Gasteiger partial charge on any atom is 0.0935 e. The van der Waals surface area contributed by atoms with Crippen molar-refractivity contribution in [2.45, 2.75) is 26.3 Å². The zero-order valence-corrected chi connectivity index (χ0v) is 10.6. The van der Waals surface area contributed by atoms with Gasteiger partial charge in [0, 0.05) is 24.8 Å². The number of rotatable bonds is 5. The first-order chi connectivity index (χ1) is 8.20. The Labute approximate surface area is 102 Å². The zero-order chi connectivity index (χ0) is 12.3. The van der Waals surface area contributed by atoms with Gasteiger partial charge in [-0.15, -0.1) is 0 Å². The summed E-state index contributed by atoms with van der Waals surface area (Å²) in [5.41, 5.74) is 3.55. The van der Waals surface area contributed by atoms with Crippen molar-refractivity contribution in [3.63, 3.8) is 0 Å². The molecule has 17 heavy (non-hydrogen) atoms. The van der Waals surface area contributed by atoms with Crippen molar-refractivity contribution in [3.8, 4) is 0 Å². The fraction of sp³-hybridized carbons (Fsp3) is 0.462. The molecule has 0 fully saturated rings. The second-order valence-corrected chi connectivity index (χ2v) is 4.29. The van der Waals surface area contributed by atoms with E-state index in [1.807, 2.05) is 17.8 Å². The number of nitrogens with zero attached hydrogens (tertiary/aromatic N) is 2. The number of furan rings is 1. The molecule has 0 radical (unpaired) electrons. The van der Waals surface area contributed by atoms with Crippen molar-refractivity contribution in [2.75, 3.05) is 6.54 Å². The van der Waals surface area contributed by atoms with Gasteiger partial charge in [0.1, 0.15) is 0 Å². The van der Waals surface area contributed by atoms with Crippen molar-refractivity contribution in [1.29, 1.82) is 0 Å². The van der Waals surface area contributed by atoms with E-state index in [1.54, 1.807) is 12.5 Å². The molecule has 2 aromatic heterocycles. The van der Waals surface area contributed by atoms with Crippen LogP contribution in [0.4, 0.5) is 0 Å². The van der Waals surface area contributed by atoms with Gasteiger partial charge in [-0.2, -0.15) is 5.10 Å². The summed E-state index contributed by atoms with van der Waals surface area (Å²) in [5, 5.41) is 7.89. The molecule has 4 nitrogen and oxygen atoms in total. The minimum absolute atomic E-state index is 0.297. The third kappa shape index (κ3) is 2.77. The standard InChI is InChI=1S/C13H19N3O/c1-4-14-13(7-11-5-6-17-9-11)12-8-16(3)15-10(12)2/h5-6,8-9,13-14H,4,7H2,1-3H3. The van der Waals surface area contributed by atoms with Crippen LogP contribution in [-0.4, -0.2) is 16.3 Å². The lowest BCUT2D eigenvalue weighted by molar-refractivity contribution is 0.533. The monoisotopic (exact) mass is 233 g/mol. The SMILES string of the molecule is CCNC(Cc1ccoc1)c1cn(C)nc1C. The zero-order valence-electron chi connectivity index (χ0n) is 10.6. The van der Waals surface area contributed by atoms with Crippen LogP contribution in [0, 0.1) is 6.92 Å². The van der Waals surface area contributed by atoms with E-state index >= 15 is 0 Å². The predicted octanol–water partition coefficient (Wildman–Crippen LogP) is 2.21. The van der Waals surface area contributed by atoms with Crippen molar-refractivity contribution in [3.05, 3.63) is 41.6 Å². The fourth-order valence-corrected chi connectivity index (χ4v) is 2.14. The molecule has 0 aliphatic heterocycles. The van der Waals surface area contributed by atoms with Crippen LogP contribution >= 0.6 is 0 Å². The average Bonchev–Trinajstić information content (AvgIpc) is 2.88. The lowest BCUT2D eigenvalue weighted by Gasteiger charge is -2.16. The van der Waals surface area contributed by atoms with Crippen LogP contribution in [0.25, 0.3) is 0 Å². The maximum atomic E-state index is 5.12. The van der Waals surface area contributed by atoms with Crippen LogP contribution in [0.5, 0.6) is 0 Å². The van der Waals surface area contributed by atoms with Gasteiger partial charge in [-0.3, -0.25) is 4.68 Å². The average molecular weight is 233 g/mol. The lowest BCUT2D eigenvalue weighted by atomic mass is 10.0. The van der Waals surface area contributed by atoms with Crippen molar-refractivity contribution in [1.82, 2.24) is 15.1 Å². The summed E-state index contributed by atoms with van der Waals surface area (Å²) < 4.78 is 6.98. The van der Waals surface area contributed by atoms with E-state index in [0.717, 1.165) is 18.7 Å². The Morgan fingerprint density at radius 3 is 2.88 bits per heavy atom. The number of aromatic nitrogens is 2. The van der Waals surface area contributed by atoms with E-state index in [0.29, 0.717) is 6.04 Å². The summed E-state index contributed by atoms with van der Waals surface area (Å²) in [5.74, 6) is 0. The summed E-state index contributed by atoms with van der Waals surface area (Å²) >= 11 is 0. The molecular formula is C13H19N3O. The molecule has 0 saturated carbocycles. The largest absolute Gasteiger partial charge is 0.472 e. The first-order valence-corrected chi connectivity index (χ1v) is 5.95. The predicted molar refractivity (Wildman–Crippen MR) is 66.8 cm³/mol.